The summed E-state index contributed by atoms with van der Waals surface area (Å²) in [5.74, 6) is -0.844. The van der Waals surface area contributed by atoms with Crippen molar-refractivity contribution in [3.8, 4) is 0 Å². The summed E-state index contributed by atoms with van der Waals surface area (Å²) in [6, 6.07) is 6.72. The average molecular weight is 263 g/mol. The lowest BCUT2D eigenvalue weighted by atomic mass is 10.0. The van der Waals surface area contributed by atoms with Crippen LogP contribution in [-0.4, -0.2) is 31.1 Å². The molecule has 2 atom stereocenters. The minimum absolute atomic E-state index is 0.146. The van der Waals surface area contributed by atoms with Crippen molar-refractivity contribution >= 4 is 17.5 Å². The van der Waals surface area contributed by atoms with Gasteiger partial charge in [-0.25, -0.2) is 0 Å². The topological polar surface area (TPSA) is 107 Å². The molecule has 1 aromatic carbocycles. The standard InChI is InChI=1S/C13H17N3O3/c14-11-7-19-6-10(11)13(18)16-9-3-1-8(2-4-9)5-12(15)17/h1-4,10-11H,5-7,14H2,(H2,15,17)(H,16,18). The molecule has 2 unspecified atom stereocenters. The molecule has 1 aliphatic heterocycles. The summed E-state index contributed by atoms with van der Waals surface area (Å²) in [4.78, 5) is 22.7. The number of anilines is 1. The molecule has 2 rings (SSSR count). The first-order valence-corrected chi connectivity index (χ1v) is 6.07. The Labute approximate surface area is 111 Å². The van der Waals surface area contributed by atoms with E-state index in [2.05, 4.69) is 5.32 Å². The van der Waals surface area contributed by atoms with Crippen molar-refractivity contribution in [2.45, 2.75) is 12.5 Å². The highest BCUT2D eigenvalue weighted by molar-refractivity contribution is 5.93. The van der Waals surface area contributed by atoms with E-state index in [1.807, 2.05) is 0 Å². The molecule has 1 aromatic rings. The molecule has 5 N–H and O–H groups in total. The van der Waals surface area contributed by atoms with Gasteiger partial charge in [0.2, 0.25) is 11.8 Å². The molecule has 0 aliphatic carbocycles. The summed E-state index contributed by atoms with van der Waals surface area (Å²) < 4.78 is 5.15. The number of nitrogens with two attached hydrogens (primary N) is 2. The van der Waals surface area contributed by atoms with E-state index in [9.17, 15) is 9.59 Å². The van der Waals surface area contributed by atoms with Crippen molar-refractivity contribution < 1.29 is 14.3 Å². The van der Waals surface area contributed by atoms with Gasteiger partial charge in [0.05, 0.1) is 25.6 Å². The highest BCUT2D eigenvalue weighted by Gasteiger charge is 2.31. The molecule has 1 saturated heterocycles. The van der Waals surface area contributed by atoms with Gasteiger partial charge in [0, 0.05) is 11.7 Å². The second-order valence-electron chi connectivity index (χ2n) is 4.64. The lowest BCUT2D eigenvalue weighted by Crippen LogP contribution is -2.37. The van der Waals surface area contributed by atoms with Crippen molar-refractivity contribution in [2.24, 2.45) is 17.4 Å². The maximum absolute atomic E-state index is 11.9. The Bertz CT molecular complexity index is 473. The first-order chi connectivity index (χ1) is 9.06. The molecule has 6 nitrogen and oxygen atoms in total. The van der Waals surface area contributed by atoms with E-state index < -0.39 is 0 Å². The summed E-state index contributed by atoms with van der Waals surface area (Å²) >= 11 is 0. The molecule has 0 bridgehead atoms. The Morgan fingerprint density at radius 2 is 1.95 bits per heavy atom. The molecule has 0 radical (unpaired) electrons. The van der Waals surface area contributed by atoms with Crippen molar-refractivity contribution in [3.05, 3.63) is 29.8 Å². The second-order valence-corrected chi connectivity index (χ2v) is 4.64. The zero-order valence-corrected chi connectivity index (χ0v) is 10.5. The third kappa shape index (κ3) is 3.52. The van der Waals surface area contributed by atoms with Gasteiger partial charge < -0.3 is 21.5 Å². The number of nitrogens with one attached hydrogen (secondary N) is 1. The summed E-state index contributed by atoms with van der Waals surface area (Å²) in [6.45, 7) is 0.766. The summed E-state index contributed by atoms with van der Waals surface area (Å²) in [5.41, 5.74) is 12.4. The van der Waals surface area contributed by atoms with Gasteiger partial charge >= 0.3 is 0 Å². The van der Waals surface area contributed by atoms with Crippen LogP contribution in [0.4, 0.5) is 5.69 Å². The molecule has 1 aliphatic rings. The maximum Gasteiger partial charge on any atom is 0.231 e. The van der Waals surface area contributed by atoms with Gasteiger partial charge in [-0.05, 0) is 17.7 Å². The fourth-order valence-electron chi connectivity index (χ4n) is 1.98. The van der Waals surface area contributed by atoms with Crippen LogP contribution in [0.1, 0.15) is 5.56 Å². The number of primary amides is 1. The number of carbonyl (C=O) groups is 2. The number of hydrogen-bond acceptors (Lipinski definition) is 4. The van der Waals surface area contributed by atoms with Crippen molar-refractivity contribution in [2.75, 3.05) is 18.5 Å². The minimum atomic E-state index is -0.383. The largest absolute Gasteiger partial charge is 0.379 e. The van der Waals surface area contributed by atoms with E-state index in [4.69, 9.17) is 16.2 Å². The number of ether oxygens (including phenoxy) is 1. The molecule has 0 saturated carbocycles. The van der Waals surface area contributed by atoms with Crippen molar-refractivity contribution in [1.29, 1.82) is 0 Å². The van der Waals surface area contributed by atoms with Crippen molar-refractivity contribution in [3.63, 3.8) is 0 Å². The number of benzene rings is 1. The summed E-state index contributed by atoms with van der Waals surface area (Å²) in [6.07, 6.45) is 0.190. The highest BCUT2D eigenvalue weighted by atomic mass is 16.5. The lowest BCUT2D eigenvalue weighted by Gasteiger charge is -2.13. The van der Waals surface area contributed by atoms with Crippen LogP contribution in [0.5, 0.6) is 0 Å². The fourth-order valence-corrected chi connectivity index (χ4v) is 1.98. The van der Waals surface area contributed by atoms with Crippen LogP contribution in [0.3, 0.4) is 0 Å². The monoisotopic (exact) mass is 263 g/mol. The zero-order chi connectivity index (χ0) is 13.8. The van der Waals surface area contributed by atoms with Crippen LogP contribution in [-0.2, 0) is 20.7 Å². The molecule has 102 valence electrons. The van der Waals surface area contributed by atoms with Crippen LogP contribution >= 0.6 is 0 Å². The van der Waals surface area contributed by atoms with E-state index in [1.54, 1.807) is 24.3 Å². The van der Waals surface area contributed by atoms with Gasteiger partial charge in [-0.15, -0.1) is 0 Å². The summed E-state index contributed by atoms with van der Waals surface area (Å²) in [7, 11) is 0. The fraction of sp³-hybridized carbons (Fsp3) is 0.385. The van der Waals surface area contributed by atoms with Crippen LogP contribution in [0, 0.1) is 5.92 Å². The zero-order valence-electron chi connectivity index (χ0n) is 10.5. The second kappa shape index (κ2) is 5.81. The number of amides is 2. The Kier molecular flexibility index (Phi) is 4.13. The van der Waals surface area contributed by atoms with E-state index in [1.165, 1.54) is 0 Å². The van der Waals surface area contributed by atoms with Gasteiger partial charge in [-0.1, -0.05) is 12.1 Å². The maximum atomic E-state index is 11.9. The molecule has 0 spiro atoms. The van der Waals surface area contributed by atoms with Gasteiger partial charge in [0.1, 0.15) is 0 Å². The van der Waals surface area contributed by atoms with E-state index in [-0.39, 0.29) is 30.2 Å². The molecule has 2 amide bonds. The lowest BCUT2D eigenvalue weighted by molar-refractivity contribution is -0.120. The molecule has 1 heterocycles. The predicted octanol–water partition coefficient (Wildman–Crippen LogP) is -0.373. The van der Waals surface area contributed by atoms with E-state index in [0.717, 1.165) is 5.56 Å². The molecular formula is C13H17N3O3. The van der Waals surface area contributed by atoms with Crippen molar-refractivity contribution in [1.82, 2.24) is 0 Å². The van der Waals surface area contributed by atoms with Gasteiger partial charge in [-0.2, -0.15) is 0 Å². The molecule has 1 fully saturated rings. The van der Waals surface area contributed by atoms with Gasteiger partial charge in [-0.3, -0.25) is 9.59 Å². The predicted molar refractivity (Wildman–Crippen MR) is 70.3 cm³/mol. The number of carbonyl (C=O) groups excluding carboxylic acids is 2. The first kappa shape index (κ1) is 13.5. The Morgan fingerprint density at radius 1 is 1.26 bits per heavy atom. The first-order valence-electron chi connectivity index (χ1n) is 6.07. The van der Waals surface area contributed by atoms with Gasteiger partial charge in [0.25, 0.3) is 0 Å². The van der Waals surface area contributed by atoms with Crippen LogP contribution in [0.2, 0.25) is 0 Å². The Hall–Kier alpha value is -1.92. The number of rotatable bonds is 4. The Morgan fingerprint density at radius 3 is 2.47 bits per heavy atom. The molecule has 19 heavy (non-hydrogen) atoms. The van der Waals surface area contributed by atoms with Crippen LogP contribution < -0.4 is 16.8 Å². The molecule has 6 heteroatoms. The SMILES string of the molecule is NC(=O)Cc1ccc(NC(=O)C2COCC2N)cc1. The molecule has 0 aromatic heterocycles. The third-order valence-electron chi connectivity index (χ3n) is 3.06. The van der Waals surface area contributed by atoms with Crippen LogP contribution in [0.25, 0.3) is 0 Å². The quantitative estimate of drug-likeness (QED) is 0.688. The van der Waals surface area contributed by atoms with Crippen LogP contribution in [0.15, 0.2) is 24.3 Å². The van der Waals surface area contributed by atoms with Gasteiger partial charge in [0.15, 0.2) is 0 Å². The number of hydrogen-bond donors (Lipinski definition) is 3. The smallest absolute Gasteiger partial charge is 0.231 e. The average Bonchev–Trinajstić information content (AvgIpc) is 2.77. The normalized spacial score (nSPS) is 22.2. The highest BCUT2D eigenvalue weighted by Crippen LogP contribution is 2.16. The summed E-state index contributed by atoms with van der Waals surface area (Å²) in [5, 5.41) is 2.78. The molecular weight excluding hydrogens is 246 g/mol. The Balaban J connectivity index is 1.95. The van der Waals surface area contributed by atoms with E-state index >= 15 is 0 Å². The van der Waals surface area contributed by atoms with E-state index in [0.29, 0.717) is 18.9 Å². The third-order valence-corrected chi connectivity index (χ3v) is 3.06. The minimum Gasteiger partial charge on any atom is -0.379 e.